The van der Waals surface area contributed by atoms with Gasteiger partial charge in [0.1, 0.15) is 30.2 Å². The van der Waals surface area contributed by atoms with Crippen molar-refractivity contribution in [3.8, 4) is 0 Å². The van der Waals surface area contributed by atoms with Crippen molar-refractivity contribution in [2.45, 2.75) is 24.5 Å². The molecular formula is C10H15N5O12P2S. The summed E-state index contributed by atoms with van der Waals surface area (Å²) in [5.41, 5.74) is 5.78. The van der Waals surface area contributed by atoms with Gasteiger partial charge in [0.2, 0.25) is 0 Å². The summed E-state index contributed by atoms with van der Waals surface area (Å²) in [6.07, 6.45) is -4.67. The molecule has 0 bridgehead atoms. The number of rotatable bonds is 7. The van der Waals surface area contributed by atoms with Gasteiger partial charge in [0, 0.05) is 0 Å². The Morgan fingerprint density at radius 2 is 1.87 bits per heavy atom. The van der Waals surface area contributed by atoms with E-state index >= 15 is 0 Å². The van der Waals surface area contributed by atoms with Gasteiger partial charge >= 0.3 is 24.4 Å². The van der Waals surface area contributed by atoms with Crippen LogP contribution in [0, 0.1) is 0 Å². The predicted molar refractivity (Wildman–Crippen MR) is 93.5 cm³/mol. The number of phosphoric ester groups is 1. The Balaban J connectivity index is 1.94. The Morgan fingerprint density at radius 3 is 2.47 bits per heavy atom. The standard InChI is InChI=1S/C10H15N5O12P2S/c11-8-5-9(13-2-12-8)15(3-14-5)10-7(27-28(17,18)19)6(16)4(26-10)1-25-30(23,24)29(20,21)22/h2-4,6-7,10,16H,1H2,(H2,11,12,13)(H2,17,18,19)(H2,20,21,22)/t4-,6-,7-,10-/m1/s1. The van der Waals surface area contributed by atoms with Gasteiger partial charge in [0.25, 0.3) is 0 Å². The van der Waals surface area contributed by atoms with E-state index in [2.05, 4.69) is 23.7 Å². The molecular weight excluding hydrogens is 476 g/mol. The minimum atomic E-state index is -5.68. The van der Waals surface area contributed by atoms with E-state index in [0.717, 1.165) is 17.2 Å². The van der Waals surface area contributed by atoms with Crippen LogP contribution in [-0.2, 0) is 32.3 Å². The number of imidazole rings is 1. The second kappa shape index (κ2) is 7.85. The van der Waals surface area contributed by atoms with Crippen molar-refractivity contribution in [2.24, 2.45) is 0 Å². The zero-order valence-electron chi connectivity index (χ0n) is 14.4. The van der Waals surface area contributed by atoms with Crippen molar-refractivity contribution in [3.05, 3.63) is 12.7 Å². The molecule has 3 rings (SSSR count). The summed E-state index contributed by atoms with van der Waals surface area (Å²) in [4.78, 5) is 47.4. The summed E-state index contributed by atoms with van der Waals surface area (Å²) in [5, 5.41) is 10.4. The van der Waals surface area contributed by atoms with Gasteiger partial charge in [0.05, 0.1) is 12.9 Å². The Kier molecular flexibility index (Phi) is 6.05. The molecule has 4 atom stereocenters. The monoisotopic (exact) mass is 491 g/mol. The molecule has 1 saturated heterocycles. The zero-order chi connectivity index (χ0) is 22.5. The number of hydrogen-bond donors (Lipinski definition) is 6. The molecule has 1 aliphatic rings. The Labute approximate surface area is 166 Å². The molecule has 0 spiro atoms. The molecule has 7 N–H and O–H groups in total. The molecule has 168 valence electrons. The van der Waals surface area contributed by atoms with E-state index in [-0.39, 0.29) is 17.0 Å². The van der Waals surface area contributed by atoms with Crippen molar-refractivity contribution in [2.75, 3.05) is 12.3 Å². The average molecular weight is 491 g/mol. The number of hydrogen-bond acceptors (Lipinski definition) is 12. The largest absolute Gasteiger partial charge is 0.470 e. The molecule has 1 fully saturated rings. The third-order valence-electron chi connectivity index (χ3n) is 3.91. The highest BCUT2D eigenvalue weighted by Crippen LogP contribution is 2.47. The topological polar surface area (TPSA) is 267 Å². The molecule has 20 heteroatoms. The number of aliphatic hydroxyl groups excluding tert-OH is 1. The van der Waals surface area contributed by atoms with Gasteiger partial charge in [-0.25, -0.2) is 24.1 Å². The van der Waals surface area contributed by atoms with E-state index in [0.29, 0.717) is 0 Å². The average Bonchev–Trinajstić information content (AvgIpc) is 3.14. The fourth-order valence-corrected chi connectivity index (χ4v) is 4.21. The van der Waals surface area contributed by atoms with Crippen molar-refractivity contribution >= 4 is 41.3 Å². The van der Waals surface area contributed by atoms with E-state index in [4.69, 9.17) is 30.0 Å². The molecule has 0 saturated carbocycles. The minimum absolute atomic E-state index is 0.0302. The van der Waals surface area contributed by atoms with E-state index < -0.39 is 55.5 Å². The normalized spacial score (nSPS) is 25.8. The van der Waals surface area contributed by atoms with Crippen LogP contribution in [-0.4, -0.2) is 77.5 Å². The molecule has 2 aromatic rings. The van der Waals surface area contributed by atoms with E-state index in [1.54, 1.807) is 0 Å². The maximum atomic E-state index is 11.4. The van der Waals surface area contributed by atoms with Crippen LogP contribution in [0.3, 0.4) is 0 Å². The number of nitrogens with two attached hydrogens (primary N) is 1. The number of fused-ring (bicyclic) bond motifs is 1. The summed E-state index contributed by atoms with van der Waals surface area (Å²) in [6, 6.07) is 0. The fraction of sp³-hybridized carbons (Fsp3) is 0.500. The lowest BCUT2D eigenvalue weighted by Gasteiger charge is -2.22. The van der Waals surface area contributed by atoms with Crippen LogP contribution < -0.4 is 5.73 Å². The Bertz CT molecular complexity index is 1140. The third kappa shape index (κ3) is 4.53. The second-order valence-electron chi connectivity index (χ2n) is 5.90. The second-order valence-corrected chi connectivity index (χ2v) is 11.9. The lowest BCUT2D eigenvalue weighted by Crippen LogP contribution is -2.35. The van der Waals surface area contributed by atoms with Gasteiger partial charge in [-0.1, -0.05) is 0 Å². The molecule has 2 aromatic heterocycles. The first-order valence-electron chi connectivity index (χ1n) is 7.67. The van der Waals surface area contributed by atoms with Gasteiger partial charge in [-0.05, 0) is 0 Å². The van der Waals surface area contributed by atoms with E-state index in [9.17, 15) is 22.7 Å². The van der Waals surface area contributed by atoms with Crippen LogP contribution in [0.4, 0.5) is 5.82 Å². The van der Waals surface area contributed by atoms with Gasteiger partial charge in [-0.3, -0.25) is 13.3 Å². The smallest absolute Gasteiger partial charge is 0.387 e. The van der Waals surface area contributed by atoms with Gasteiger partial charge in [-0.15, -0.1) is 0 Å². The van der Waals surface area contributed by atoms with Crippen LogP contribution in [0.25, 0.3) is 11.2 Å². The summed E-state index contributed by atoms with van der Waals surface area (Å²) in [6.45, 7) is -6.79. The molecule has 0 amide bonds. The molecule has 0 aromatic carbocycles. The summed E-state index contributed by atoms with van der Waals surface area (Å²) in [7, 11) is -10.5. The van der Waals surface area contributed by atoms with Crippen LogP contribution in [0.5, 0.6) is 0 Å². The van der Waals surface area contributed by atoms with Gasteiger partial charge < -0.3 is 35.2 Å². The van der Waals surface area contributed by atoms with Crippen LogP contribution in [0.1, 0.15) is 6.23 Å². The number of nitrogens with zero attached hydrogens (tertiary/aromatic N) is 4. The summed E-state index contributed by atoms with van der Waals surface area (Å²) in [5.74, 6) is -0.0302. The highest BCUT2D eigenvalue weighted by molar-refractivity contribution is 8.46. The van der Waals surface area contributed by atoms with Crippen molar-refractivity contribution < 1.29 is 55.7 Å². The zero-order valence-corrected chi connectivity index (χ0v) is 17.0. The molecule has 1 aliphatic heterocycles. The highest BCUT2D eigenvalue weighted by atomic mass is 32.8. The summed E-state index contributed by atoms with van der Waals surface area (Å²) >= 11 is 0. The number of nitrogen functional groups attached to an aromatic ring is 1. The molecule has 3 heterocycles. The maximum absolute atomic E-state index is 11.4. The predicted octanol–water partition coefficient (Wildman–Crippen LogP) is -2.42. The first-order chi connectivity index (χ1) is 13.7. The maximum Gasteiger partial charge on any atom is 0.470 e. The first-order valence-corrected chi connectivity index (χ1v) is 12.8. The number of aliphatic hydroxyl groups is 1. The van der Waals surface area contributed by atoms with Gasteiger partial charge in [0.15, 0.2) is 17.7 Å². The SMILES string of the molecule is Nc1ncnc2c1ncn2[C@@H]1O[C@H](COS(=O)(=O)P(=O)(O)O)[C@@H](O)[C@H]1OP(=O)(O)O. The lowest BCUT2D eigenvalue weighted by atomic mass is 10.1. The fourth-order valence-electron chi connectivity index (χ4n) is 2.63. The summed E-state index contributed by atoms with van der Waals surface area (Å²) < 4.78 is 60.4. The number of aromatic nitrogens is 4. The minimum Gasteiger partial charge on any atom is -0.387 e. The van der Waals surface area contributed by atoms with Crippen LogP contribution >= 0.6 is 14.6 Å². The van der Waals surface area contributed by atoms with Crippen LogP contribution in [0.2, 0.25) is 0 Å². The molecule has 0 unspecified atom stereocenters. The molecule has 17 nitrogen and oxygen atoms in total. The van der Waals surface area contributed by atoms with E-state index in [1.165, 1.54) is 0 Å². The Hall–Kier alpha value is -1.56. The molecule has 30 heavy (non-hydrogen) atoms. The molecule has 0 aliphatic carbocycles. The first kappa shape index (κ1) is 23.1. The number of ether oxygens (including phenoxy) is 1. The quantitative estimate of drug-likeness (QED) is 0.220. The number of anilines is 1. The lowest BCUT2D eigenvalue weighted by molar-refractivity contribution is -0.0459. The van der Waals surface area contributed by atoms with Gasteiger partial charge in [-0.2, -0.15) is 8.42 Å². The van der Waals surface area contributed by atoms with Crippen LogP contribution in [0.15, 0.2) is 12.7 Å². The van der Waals surface area contributed by atoms with Crippen molar-refractivity contribution in [1.82, 2.24) is 19.5 Å². The van der Waals surface area contributed by atoms with E-state index in [1.807, 2.05) is 0 Å². The Morgan fingerprint density at radius 1 is 1.20 bits per heavy atom. The number of phosphoric acid groups is 1. The highest BCUT2D eigenvalue weighted by Gasteiger charge is 2.50. The van der Waals surface area contributed by atoms with Crippen molar-refractivity contribution in [1.29, 1.82) is 0 Å². The third-order valence-corrected chi connectivity index (χ3v) is 7.50. The van der Waals surface area contributed by atoms with Crippen molar-refractivity contribution in [3.63, 3.8) is 0 Å². The molecule has 0 radical (unpaired) electrons.